The molecule has 2 aromatic rings. The average molecular weight is 344 g/mol. The summed E-state index contributed by atoms with van der Waals surface area (Å²) in [5.41, 5.74) is 2.12. The van der Waals surface area contributed by atoms with E-state index in [2.05, 4.69) is 13.8 Å². The van der Waals surface area contributed by atoms with Crippen LogP contribution in [0.15, 0.2) is 36.4 Å². The predicted molar refractivity (Wildman–Crippen MR) is 95.9 cm³/mol. The second-order valence-electron chi connectivity index (χ2n) is 5.95. The quantitative estimate of drug-likeness (QED) is 0.559. The van der Waals surface area contributed by atoms with Gasteiger partial charge in [0.25, 0.3) is 0 Å². The number of benzene rings is 2. The second kappa shape index (κ2) is 8.42. The maximum absolute atomic E-state index is 12.2. The van der Waals surface area contributed by atoms with Crippen molar-refractivity contribution >= 4 is 5.97 Å². The van der Waals surface area contributed by atoms with Crippen LogP contribution < -0.4 is 18.9 Å². The lowest BCUT2D eigenvalue weighted by molar-refractivity contribution is -0.136. The number of rotatable bonds is 7. The topological polar surface area (TPSA) is 54.0 Å². The van der Waals surface area contributed by atoms with Gasteiger partial charge in [-0.3, -0.25) is 0 Å². The van der Waals surface area contributed by atoms with Gasteiger partial charge in [0.1, 0.15) is 5.75 Å². The molecule has 2 rings (SSSR count). The number of hydrogen-bond donors (Lipinski definition) is 0. The van der Waals surface area contributed by atoms with Crippen molar-refractivity contribution in [3.63, 3.8) is 0 Å². The highest BCUT2D eigenvalue weighted by molar-refractivity contribution is 5.76. The lowest BCUT2D eigenvalue weighted by Crippen LogP contribution is -2.19. The van der Waals surface area contributed by atoms with E-state index in [1.54, 1.807) is 18.2 Å². The first-order valence-corrected chi connectivity index (χ1v) is 8.11. The largest absolute Gasteiger partial charge is 0.493 e. The number of para-hydroxylation sites is 1. The summed E-state index contributed by atoms with van der Waals surface area (Å²) < 4.78 is 21.5. The number of ether oxygens (including phenoxy) is 4. The molecular formula is C20H24O5. The van der Waals surface area contributed by atoms with Crippen molar-refractivity contribution < 1.29 is 23.7 Å². The Hall–Kier alpha value is -2.69. The lowest BCUT2D eigenvalue weighted by Gasteiger charge is -2.15. The van der Waals surface area contributed by atoms with Crippen molar-refractivity contribution in [2.75, 3.05) is 20.8 Å². The summed E-state index contributed by atoms with van der Waals surface area (Å²) in [6, 6.07) is 11.1. The summed E-state index contributed by atoms with van der Waals surface area (Å²) in [6.07, 6.45) is 0. The van der Waals surface area contributed by atoms with Gasteiger partial charge in [-0.2, -0.15) is 0 Å². The van der Waals surface area contributed by atoms with Gasteiger partial charge in [-0.05, 0) is 42.2 Å². The highest BCUT2D eigenvalue weighted by Gasteiger charge is 2.17. The molecule has 0 fully saturated rings. The second-order valence-corrected chi connectivity index (χ2v) is 5.95. The molecule has 0 radical (unpaired) electrons. The first-order valence-electron chi connectivity index (χ1n) is 8.11. The minimum atomic E-state index is -0.529. The van der Waals surface area contributed by atoms with Gasteiger partial charge in [-0.25, -0.2) is 4.79 Å². The molecule has 0 heterocycles. The van der Waals surface area contributed by atoms with E-state index in [1.165, 1.54) is 14.2 Å². The van der Waals surface area contributed by atoms with Crippen molar-refractivity contribution in [1.82, 2.24) is 0 Å². The molecule has 0 unspecified atom stereocenters. The third-order valence-electron chi connectivity index (χ3n) is 3.74. The van der Waals surface area contributed by atoms with Crippen molar-refractivity contribution in [2.45, 2.75) is 26.7 Å². The molecule has 0 saturated carbocycles. The lowest BCUT2D eigenvalue weighted by atomic mass is 10.0. The number of esters is 1. The Balaban J connectivity index is 2.11. The highest BCUT2D eigenvalue weighted by Crippen LogP contribution is 2.37. The van der Waals surface area contributed by atoms with E-state index < -0.39 is 5.97 Å². The summed E-state index contributed by atoms with van der Waals surface area (Å²) in [5, 5.41) is 0. The minimum Gasteiger partial charge on any atom is -0.493 e. The summed E-state index contributed by atoms with van der Waals surface area (Å²) in [5.74, 6) is 1.55. The summed E-state index contributed by atoms with van der Waals surface area (Å²) in [7, 11) is 3.01. The number of aryl methyl sites for hydroxylation is 1. The van der Waals surface area contributed by atoms with Gasteiger partial charge in [0, 0.05) is 0 Å². The number of carbonyl (C=O) groups is 1. The van der Waals surface area contributed by atoms with E-state index in [-0.39, 0.29) is 12.4 Å². The van der Waals surface area contributed by atoms with E-state index >= 15 is 0 Å². The van der Waals surface area contributed by atoms with Crippen LogP contribution in [0.3, 0.4) is 0 Å². The molecule has 25 heavy (non-hydrogen) atoms. The Morgan fingerprint density at radius 2 is 1.64 bits per heavy atom. The molecule has 0 bridgehead atoms. The third-order valence-corrected chi connectivity index (χ3v) is 3.74. The fourth-order valence-electron chi connectivity index (χ4n) is 2.44. The standard InChI is InChI=1S/C20H24O5/c1-13(2)15-10-9-14(3)11-18(15)24-12-19(21)25-20-16(22-4)7-6-8-17(20)23-5/h6-11,13H,12H2,1-5H3. The van der Waals surface area contributed by atoms with Crippen LogP contribution in [0.5, 0.6) is 23.0 Å². The van der Waals surface area contributed by atoms with Gasteiger partial charge in [-0.1, -0.05) is 32.0 Å². The molecule has 5 nitrogen and oxygen atoms in total. The fraction of sp³-hybridized carbons (Fsp3) is 0.350. The van der Waals surface area contributed by atoms with E-state index in [0.29, 0.717) is 23.2 Å². The molecule has 0 amide bonds. The summed E-state index contributed by atoms with van der Waals surface area (Å²) in [4.78, 5) is 12.2. The normalized spacial score (nSPS) is 10.5. The van der Waals surface area contributed by atoms with Crippen LogP contribution >= 0.6 is 0 Å². The molecule has 2 aromatic carbocycles. The Kier molecular flexibility index (Phi) is 6.28. The van der Waals surface area contributed by atoms with Gasteiger partial charge in [0.15, 0.2) is 18.1 Å². The van der Waals surface area contributed by atoms with Crippen molar-refractivity contribution in [1.29, 1.82) is 0 Å². The molecule has 0 aliphatic carbocycles. The molecule has 0 atom stereocenters. The van der Waals surface area contributed by atoms with Crippen LogP contribution in [-0.4, -0.2) is 26.8 Å². The Morgan fingerprint density at radius 3 is 2.20 bits per heavy atom. The van der Waals surface area contributed by atoms with Gasteiger partial charge in [-0.15, -0.1) is 0 Å². The molecule has 5 heteroatoms. The van der Waals surface area contributed by atoms with Crippen LogP contribution in [0.25, 0.3) is 0 Å². The molecule has 0 spiro atoms. The van der Waals surface area contributed by atoms with Crippen LogP contribution in [0, 0.1) is 6.92 Å². The Morgan fingerprint density at radius 1 is 1.00 bits per heavy atom. The zero-order valence-electron chi connectivity index (χ0n) is 15.3. The molecule has 0 saturated heterocycles. The number of hydrogen-bond acceptors (Lipinski definition) is 5. The number of methoxy groups -OCH3 is 2. The zero-order chi connectivity index (χ0) is 18.4. The van der Waals surface area contributed by atoms with E-state index in [9.17, 15) is 4.79 Å². The minimum absolute atomic E-state index is 0.204. The van der Waals surface area contributed by atoms with E-state index in [4.69, 9.17) is 18.9 Å². The first kappa shape index (κ1) is 18.6. The van der Waals surface area contributed by atoms with Crippen molar-refractivity contribution in [3.8, 4) is 23.0 Å². The van der Waals surface area contributed by atoms with Crippen LogP contribution in [0.4, 0.5) is 0 Å². The van der Waals surface area contributed by atoms with Crippen molar-refractivity contribution in [2.24, 2.45) is 0 Å². The van der Waals surface area contributed by atoms with Crippen molar-refractivity contribution in [3.05, 3.63) is 47.5 Å². The zero-order valence-corrected chi connectivity index (χ0v) is 15.3. The highest BCUT2D eigenvalue weighted by atomic mass is 16.6. The maximum Gasteiger partial charge on any atom is 0.349 e. The molecular weight excluding hydrogens is 320 g/mol. The average Bonchev–Trinajstić information content (AvgIpc) is 2.59. The van der Waals surface area contributed by atoms with Crippen LogP contribution in [0.2, 0.25) is 0 Å². The molecule has 134 valence electrons. The monoisotopic (exact) mass is 344 g/mol. The van der Waals surface area contributed by atoms with E-state index in [0.717, 1.165) is 11.1 Å². The van der Waals surface area contributed by atoms with E-state index in [1.807, 2.05) is 25.1 Å². The molecule has 0 N–H and O–H groups in total. The summed E-state index contributed by atoms with van der Waals surface area (Å²) in [6.45, 7) is 5.93. The SMILES string of the molecule is COc1cccc(OC)c1OC(=O)COc1cc(C)ccc1C(C)C. The van der Waals surface area contributed by atoms with Gasteiger partial charge in [0.05, 0.1) is 14.2 Å². The Labute approximate surface area is 148 Å². The third kappa shape index (κ3) is 4.66. The van der Waals surface area contributed by atoms with Gasteiger partial charge >= 0.3 is 5.97 Å². The van der Waals surface area contributed by atoms with Crippen LogP contribution in [-0.2, 0) is 4.79 Å². The predicted octanol–water partition coefficient (Wildman–Crippen LogP) is 4.12. The summed E-state index contributed by atoms with van der Waals surface area (Å²) >= 11 is 0. The van der Waals surface area contributed by atoms with Gasteiger partial charge in [0.2, 0.25) is 5.75 Å². The van der Waals surface area contributed by atoms with Gasteiger partial charge < -0.3 is 18.9 Å². The number of carbonyl (C=O) groups excluding carboxylic acids is 1. The smallest absolute Gasteiger partial charge is 0.349 e. The fourth-order valence-corrected chi connectivity index (χ4v) is 2.44. The van der Waals surface area contributed by atoms with Crippen LogP contribution in [0.1, 0.15) is 30.9 Å². The molecule has 0 aromatic heterocycles. The molecule has 0 aliphatic rings. The maximum atomic E-state index is 12.2. The Bertz CT molecular complexity index is 715. The first-order chi connectivity index (χ1) is 12.0. The molecule has 0 aliphatic heterocycles.